The maximum Gasteiger partial charge on any atom is 0.408 e. The lowest BCUT2D eigenvalue weighted by Gasteiger charge is -2.54. The number of alkyl carbamates (subject to hydrolysis) is 2. The summed E-state index contributed by atoms with van der Waals surface area (Å²) in [6, 6.07) is 0.820. The Morgan fingerprint density at radius 3 is 1.68 bits per heavy atom. The first-order valence-electron chi connectivity index (χ1n) is 17.0. The molecule has 1 saturated carbocycles. The van der Waals surface area contributed by atoms with Crippen LogP contribution in [0.5, 0.6) is 17.2 Å². The van der Waals surface area contributed by atoms with E-state index in [4.69, 9.17) is 23.7 Å². The number of amides is 2. The predicted octanol–water partition coefficient (Wildman–Crippen LogP) is 6.79. The molecule has 0 aromatic heterocycles. The van der Waals surface area contributed by atoms with Crippen molar-refractivity contribution in [1.29, 1.82) is 0 Å². The van der Waals surface area contributed by atoms with E-state index in [1.807, 2.05) is 6.08 Å². The Hall–Kier alpha value is -4.35. The molecule has 0 saturated heterocycles. The standard InChI is InChI=1S/C38H54N2O10/c1-20(2)29(39-34(44)49-36(5,6)7)32(42)47-28-17-22(14-15-23-18-26(41)25-19-24(23)38(25,11)12)16-27(46-13)31(28)48-33(43)30(21(3)4)40-35(45)50-37(8,9)10/h14-18,20-21,24-25,29-30H,19H2,1-13H3,(H,39,44)(H,40,45)/b15-14+/t24-,25+,29?,30?/m0/s1. The van der Waals surface area contributed by atoms with Gasteiger partial charge in [0.15, 0.2) is 17.3 Å². The molecule has 1 aromatic rings. The van der Waals surface area contributed by atoms with Gasteiger partial charge in [0, 0.05) is 5.92 Å². The van der Waals surface area contributed by atoms with Crippen LogP contribution in [0.2, 0.25) is 0 Å². The second kappa shape index (κ2) is 15.3. The number of benzene rings is 1. The molecule has 2 amide bonds. The van der Waals surface area contributed by atoms with Crippen molar-refractivity contribution in [1.82, 2.24) is 10.6 Å². The summed E-state index contributed by atoms with van der Waals surface area (Å²) in [5.41, 5.74) is -0.342. The zero-order valence-corrected chi connectivity index (χ0v) is 31.6. The van der Waals surface area contributed by atoms with Gasteiger partial charge in [-0.3, -0.25) is 4.79 Å². The van der Waals surface area contributed by atoms with Gasteiger partial charge in [-0.25, -0.2) is 19.2 Å². The Morgan fingerprint density at radius 2 is 1.26 bits per heavy atom. The van der Waals surface area contributed by atoms with Crippen LogP contribution >= 0.6 is 0 Å². The summed E-state index contributed by atoms with van der Waals surface area (Å²) in [6.07, 6.45) is 4.47. The third-order valence-electron chi connectivity index (χ3n) is 8.65. The molecule has 0 aliphatic heterocycles. The van der Waals surface area contributed by atoms with Crippen molar-refractivity contribution in [3.8, 4) is 17.2 Å². The summed E-state index contributed by atoms with van der Waals surface area (Å²) < 4.78 is 28.0. The smallest absolute Gasteiger partial charge is 0.408 e. The molecule has 4 atom stereocenters. The first-order valence-corrected chi connectivity index (χ1v) is 17.0. The number of carbonyl (C=O) groups is 5. The number of ketones is 1. The number of fused-ring (bicyclic) bond motifs is 1. The van der Waals surface area contributed by atoms with Gasteiger partial charge in [-0.05, 0) is 100 Å². The molecule has 2 bridgehead atoms. The van der Waals surface area contributed by atoms with Crippen LogP contribution in [0, 0.1) is 29.1 Å². The Labute approximate surface area is 295 Å². The fourth-order valence-electron chi connectivity index (χ4n) is 5.92. The Morgan fingerprint density at radius 1 is 0.780 bits per heavy atom. The molecule has 0 heterocycles. The normalized spacial score (nSPS) is 19.6. The Kier molecular flexibility index (Phi) is 12.2. The molecule has 1 fully saturated rings. The first kappa shape index (κ1) is 40.1. The van der Waals surface area contributed by atoms with Crippen LogP contribution in [0.25, 0.3) is 6.08 Å². The molecule has 0 radical (unpaired) electrons. The van der Waals surface area contributed by atoms with Gasteiger partial charge in [-0.15, -0.1) is 0 Å². The summed E-state index contributed by atoms with van der Waals surface area (Å²) in [5, 5.41) is 5.13. The van der Waals surface area contributed by atoms with E-state index in [-0.39, 0.29) is 40.3 Å². The van der Waals surface area contributed by atoms with Crippen LogP contribution < -0.4 is 24.8 Å². The molecule has 12 nitrogen and oxygen atoms in total. The van der Waals surface area contributed by atoms with Crippen molar-refractivity contribution in [3.05, 3.63) is 35.4 Å². The van der Waals surface area contributed by atoms with Gasteiger partial charge >= 0.3 is 24.1 Å². The molecule has 3 aliphatic rings. The van der Waals surface area contributed by atoms with Crippen LogP contribution in [-0.4, -0.2) is 60.3 Å². The van der Waals surface area contributed by atoms with Crippen molar-refractivity contribution in [2.24, 2.45) is 29.1 Å². The van der Waals surface area contributed by atoms with E-state index in [9.17, 15) is 24.0 Å². The van der Waals surface area contributed by atoms with Gasteiger partial charge in [0.1, 0.15) is 23.3 Å². The minimum atomic E-state index is -1.14. The predicted molar refractivity (Wildman–Crippen MR) is 188 cm³/mol. The highest BCUT2D eigenvalue weighted by atomic mass is 16.6. The van der Waals surface area contributed by atoms with E-state index < -0.39 is 59.2 Å². The molecule has 1 aromatic carbocycles. The van der Waals surface area contributed by atoms with Crippen LogP contribution in [0.1, 0.15) is 95.1 Å². The van der Waals surface area contributed by atoms with Crippen molar-refractivity contribution in [2.75, 3.05) is 7.11 Å². The fourth-order valence-corrected chi connectivity index (χ4v) is 5.92. The number of ether oxygens (including phenoxy) is 5. The molecule has 50 heavy (non-hydrogen) atoms. The van der Waals surface area contributed by atoms with Crippen molar-refractivity contribution in [2.45, 2.75) is 113 Å². The van der Waals surface area contributed by atoms with Crippen LogP contribution in [-0.2, 0) is 23.9 Å². The topological polar surface area (TPSA) is 156 Å². The lowest BCUT2D eigenvalue weighted by atomic mass is 9.48. The average molecular weight is 699 g/mol. The highest BCUT2D eigenvalue weighted by Crippen LogP contribution is 2.58. The molecule has 3 aliphatic carbocycles. The zero-order valence-electron chi connectivity index (χ0n) is 31.6. The molecule has 276 valence electrons. The van der Waals surface area contributed by atoms with E-state index in [2.05, 4.69) is 24.5 Å². The number of hydrogen-bond donors (Lipinski definition) is 2. The van der Waals surface area contributed by atoms with Gasteiger partial charge in [0.05, 0.1) is 7.11 Å². The third-order valence-corrected chi connectivity index (χ3v) is 8.65. The summed E-state index contributed by atoms with van der Waals surface area (Å²) in [7, 11) is 1.37. The van der Waals surface area contributed by atoms with Crippen LogP contribution in [0.15, 0.2) is 29.9 Å². The quantitative estimate of drug-likeness (QED) is 0.186. The number of allylic oxidation sites excluding steroid dienone is 3. The van der Waals surface area contributed by atoms with Crippen molar-refractivity contribution >= 4 is 36.0 Å². The number of carbonyl (C=O) groups excluding carboxylic acids is 5. The summed E-state index contributed by atoms with van der Waals surface area (Å²) >= 11 is 0. The van der Waals surface area contributed by atoms with Gasteiger partial charge in [-0.1, -0.05) is 53.7 Å². The Balaban J connectivity index is 2.03. The maximum atomic E-state index is 13.7. The summed E-state index contributed by atoms with van der Waals surface area (Å²) in [5.74, 6) is -2.52. The SMILES string of the molecule is COc1cc(/C=C/C2=CC(=O)[C@H]3C[C@@H]2C3(C)C)cc(OC(=O)C(NC(=O)OC(C)(C)C)C(C)C)c1OC(=O)C(NC(=O)OC(C)(C)C)C(C)C. The van der Waals surface area contributed by atoms with E-state index >= 15 is 0 Å². The molecule has 12 heteroatoms. The van der Waals surface area contributed by atoms with Crippen molar-refractivity contribution < 1.29 is 47.7 Å². The minimum absolute atomic E-state index is 0.0207. The van der Waals surface area contributed by atoms with E-state index in [1.54, 1.807) is 87.5 Å². The maximum absolute atomic E-state index is 13.7. The summed E-state index contributed by atoms with van der Waals surface area (Å²) in [4.78, 5) is 65.2. The number of esters is 2. The monoisotopic (exact) mass is 698 g/mol. The molecular weight excluding hydrogens is 644 g/mol. The molecule has 0 spiro atoms. The second-order valence-corrected chi connectivity index (χ2v) is 16.2. The minimum Gasteiger partial charge on any atom is -0.493 e. The Bertz CT molecular complexity index is 1540. The van der Waals surface area contributed by atoms with Gasteiger partial charge in [0.25, 0.3) is 0 Å². The van der Waals surface area contributed by atoms with Gasteiger partial charge in [0.2, 0.25) is 5.75 Å². The largest absolute Gasteiger partial charge is 0.493 e. The van der Waals surface area contributed by atoms with Crippen LogP contribution in [0.4, 0.5) is 9.59 Å². The highest BCUT2D eigenvalue weighted by molar-refractivity contribution is 5.97. The van der Waals surface area contributed by atoms with Crippen LogP contribution in [0.3, 0.4) is 0 Å². The number of nitrogens with one attached hydrogen (secondary N) is 2. The molecule has 4 rings (SSSR count). The molecular formula is C38H54N2O10. The first-order chi connectivity index (χ1) is 22.9. The van der Waals surface area contributed by atoms with E-state index in [0.717, 1.165) is 12.0 Å². The van der Waals surface area contributed by atoms with Crippen molar-refractivity contribution in [3.63, 3.8) is 0 Å². The number of methoxy groups -OCH3 is 1. The summed E-state index contributed by atoms with van der Waals surface area (Å²) in [6.45, 7) is 21.3. The number of rotatable bonds is 11. The average Bonchev–Trinajstić information content (AvgIpc) is 2.95. The van der Waals surface area contributed by atoms with Gasteiger partial charge in [-0.2, -0.15) is 0 Å². The fraction of sp³-hybridized carbons (Fsp3) is 0.605. The van der Waals surface area contributed by atoms with E-state index in [1.165, 1.54) is 13.2 Å². The zero-order chi connectivity index (χ0) is 37.9. The number of hydrogen-bond acceptors (Lipinski definition) is 10. The lowest BCUT2D eigenvalue weighted by molar-refractivity contribution is -0.140. The highest BCUT2D eigenvalue weighted by Gasteiger charge is 2.54. The van der Waals surface area contributed by atoms with E-state index in [0.29, 0.717) is 5.56 Å². The molecule has 2 N–H and O–H groups in total. The molecule has 2 unspecified atom stereocenters. The second-order valence-electron chi connectivity index (χ2n) is 16.2. The lowest BCUT2D eigenvalue weighted by Crippen LogP contribution is -2.52. The third kappa shape index (κ3) is 10.1. The van der Waals surface area contributed by atoms with Gasteiger partial charge < -0.3 is 34.3 Å².